The molecule has 0 bridgehead atoms. The quantitative estimate of drug-likeness (QED) is 0.428. The van der Waals surface area contributed by atoms with E-state index in [-0.39, 0.29) is 17.7 Å². The van der Waals surface area contributed by atoms with Crippen LogP contribution in [0.3, 0.4) is 0 Å². The van der Waals surface area contributed by atoms with Crippen LogP contribution in [0.25, 0.3) is 11.1 Å². The Morgan fingerprint density at radius 1 is 1.14 bits per heavy atom. The number of aryl methyl sites for hydroxylation is 1. The third-order valence-electron chi connectivity index (χ3n) is 6.56. The molecule has 1 aliphatic heterocycles. The van der Waals surface area contributed by atoms with Gasteiger partial charge in [-0.1, -0.05) is 67.8 Å². The summed E-state index contributed by atoms with van der Waals surface area (Å²) in [6, 6.07) is 16.0. The van der Waals surface area contributed by atoms with Crippen molar-refractivity contribution in [2.24, 2.45) is 0 Å². The van der Waals surface area contributed by atoms with Crippen LogP contribution in [0.5, 0.6) is 0 Å². The first-order chi connectivity index (χ1) is 17.0. The molecule has 1 saturated heterocycles. The first-order valence-corrected chi connectivity index (χ1v) is 13.2. The molecule has 6 nitrogen and oxygen atoms in total. The smallest absolute Gasteiger partial charge is 0.275 e. The number of aliphatic hydroxyl groups is 1. The van der Waals surface area contributed by atoms with E-state index in [0.29, 0.717) is 25.2 Å². The number of anilines is 1. The Labute approximate surface area is 211 Å². The molecule has 3 aromatic rings. The van der Waals surface area contributed by atoms with Crippen molar-refractivity contribution in [3.8, 4) is 11.1 Å². The van der Waals surface area contributed by atoms with Crippen molar-refractivity contribution in [3.05, 3.63) is 70.2 Å². The summed E-state index contributed by atoms with van der Waals surface area (Å²) in [6.07, 6.45) is 3.01. The number of carbonyl (C=O) groups is 2. The maximum absolute atomic E-state index is 13.0. The summed E-state index contributed by atoms with van der Waals surface area (Å²) >= 11 is 1.50. The van der Waals surface area contributed by atoms with Gasteiger partial charge in [-0.05, 0) is 37.8 Å². The molecule has 0 spiro atoms. The van der Waals surface area contributed by atoms with Gasteiger partial charge in [-0.3, -0.25) is 9.59 Å². The van der Waals surface area contributed by atoms with E-state index >= 15 is 0 Å². The number of piperidine rings is 1. The minimum Gasteiger partial charge on any atom is -0.383 e. The molecule has 1 unspecified atom stereocenters. The van der Waals surface area contributed by atoms with E-state index in [1.807, 2.05) is 36.6 Å². The van der Waals surface area contributed by atoms with Crippen LogP contribution in [-0.4, -0.2) is 46.0 Å². The molecule has 2 amide bonds. The molecular formula is C28H33N3O3S. The van der Waals surface area contributed by atoms with Crippen molar-refractivity contribution in [1.29, 1.82) is 0 Å². The average Bonchev–Trinajstić information content (AvgIpc) is 3.38. The van der Waals surface area contributed by atoms with E-state index in [1.165, 1.54) is 16.9 Å². The lowest BCUT2D eigenvalue weighted by molar-refractivity contribution is -0.141. The van der Waals surface area contributed by atoms with Gasteiger partial charge in [0.1, 0.15) is 11.8 Å². The number of amides is 2. The normalized spacial score (nSPS) is 15.1. The SMILES string of the molecule is CCCCC(O)C(=O)N1CCC(c2nc(C(=O)Nc3ccccc3-c3ccc(C)cc3)cs2)CC1. The maximum Gasteiger partial charge on any atom is 0.275 e. The van der Waals surface area contributed by atoms with Crippen LogP contribution < -0.4 is 5.32 Å². The lowest BCUT2D eigenvalue weighted by atomic mass is 9.97. The van der Waals surface area contributed by atoms with E-state index in [2.05, 4.69) is 41.5 Å². The zero-order valence-corrected chi connectivity index (χ0v) is 21.2. The summed E-state index contributed by atoms with van der Waals surface area (Å²) < 4.78 is 0. The first kappa shape index (κ1) is 25.1. The molecule has 0 aliphatic carbocycles. The summed E-state index contributed by atoms with van der Waals surface area (Å²) in [6.45, 7) is 5.32. The van der Waals surface area contributed by atoms with Crippen molar-refractivity contribution in [3.63, 3.8) is 0 Å². The maximum atomic E-state index is 13.0. The molecule has 1 atom stereocenters. The predicted molar refractivity (Wildman–Crippen MR) is 141 cm³/mol. The fraction of sp³-hybridized carbons (Fsp3) is 0.393. The van der Waals surface area contributed by atoms with Crippen molar-refractivity contribution in [2.75, 3.05) is 18.4 Å². The molecule has 35 heavy (non-hydrogen) atoms. The van der Waals surface area contributed by atoms with Gasteiger partial charge in [-0.15, -0.1) is 11.3 Å². The highest BCUT2D eigenvalue weighted by Crippen LogP contribution is 2.32. The molecule has 7 heteroatoms. The van der Waals surface area contributed by atoms with Crippen LogP contribution >= 0.6 is 11.3 Å². The molecular weight excluding hydrogens is 458 g/mol. The first-order valence-electron chi connectivity index (χ1n) is 12.4. The van der Waals surface area contributed by atoms with Gasteiger partial charge in [0, 0.05) is 35.6 Å². The molecule has 2 aromatic carbocycles. The topological polar surface area (TPSA) is 82.5 Å². The molecule has 2 heterocycles. The second-order valence-electron chi connectivity index (χ2n) is 9.19. The summed E-state index contributed by atoms with van der Waals surface area (Å²) in [5.41, 5.74) is 4.37. The van der Waals surface area contributed by atoms with Crippen LogP contribution in [-0.2, 0) is 4.79 Å². The summed E-state index contributed by atoms with van der Waals surface area (Å²) in [5, 5.41) is 15.9. The second-order valence-corrected chi connectivity index (χ2v) is 10.1. The molecule has 0 saturated carbocycles. The van der Waals surface area contributed by atoms with E-state index < -0.39 is 6.10 Å². The number of aliphatic hydroxyl groups excluding tert-OH is 1. The molecule has 184 valence electrons. The van der Waals surface area contributed by atoms with E-state index in [0.717, 1.165) is 47.5 Å². The van der Waals surface area contributed by atoms with Gasteiger partial charge in [-0.25, -0.2) is 4.98 Å². The lowest BCUT2D eigenvalue weighted by Crippen LogP contribution is -2.43. The van der Waals surface area contributed by atoms with E-state index in [9.17, 15) is 14.7 Å². The number of para-hydroxylation sites is 1. The predicted octanol–water partition coefficient (Wildman–Crippen LogP) is 5.63. The number of likely N-dealkylation sites (tertiary alicyclic amines) is 1. The summed E-state index contributed by atoms with van der Waals surface area (Å²) in [7, 11) is 0. The highest BCUT2D eigenvalue weighted by Gasteiger charge is 2.29. The van der Waals surface area contributed by atoms with E-state index in [4.69, 9.17) is 0 Å². The highest BCUT2D eigenvalue weighted by molar-refractivity contribution is 7.10. The van der Waals surface area contributed by atoms with Gasteiger partial charge in [0.25, 0.3) is 11.8 Å². The molecule has 0 radical (unpaired) electrons. The van der Waals surface area contributed by atoms with Crippen LogP contribution in [0.2, 0.25) is 0 Å². The average molecular weight is 492 g/mol. The minimum absolute atomic E-state index is 0.164. The van der Waals surface area contributed by atoms with Crippen molar-refractivity contribution >= 4 is 28.8 Å². The van der Waals surface area contributed by atoms with Gasteiger partial charge in [0.05, 0.1) is 5.01 Å². The van der Waals surface area contributed by atoms with Gasteiger partial charge in [0.2, 0.25) is 0 Å². The number of nitrogens with zero attached hydrogens (tertiary/aromatic N) is 2. The molecule has 4 rings (SSSR count). The van der Waals surface area contributed by atoms with Gasteiger partial charge >= 0.3 is 0 Å². The van der Waals surface area contributed by atoms with Gasteiger partial charge < -0.3 is 15.3 Å². The van der Waals surface area contributed by atoms with Crippen LogP contribution in [0.4, 0.5) is 5.69 Å². The van der Waals surface area contributed by atoms with Gasteiger partial charge in [-0.2, -0.15) is 0 Å². The zero-order chi connectivity index (χ0) is 24.8. The number of benzene rings is 2. The Hall–Kier alpha value is -3.03. The summed E-state index contributed by atoms with van der Waals surface area (Å²) in [5.74, 6) is -0.166. The monoisotopic (exact) mass is 491 g/mol. The number of hydrogen-bond donors (Lipinski definition) is 2. The van der Waals surface area contributed by atoms with Crippen molar-refractivity contribution in [1.82, 2.24) is 9.88 Å². The Kier molecular flexibility index (Phi) is 8.31. The molecule has 2 N–H and O–H groups in total. The second kappa shape index (κ2) is 11.6. The fourth-order valence-electron chi connectivity index (χ4n) is 4.42. The van der Waals surface area contributed by atoms with Crippen molar-refractivity contribution in [2.45, 2.75) is 58.0 Å². The van der Waals surface area contributed by atoms with E-state index in [1.54, 1.807) is 4.90 Å². The zero-order valence-electron chi connectivity index (χ0n) is 20.4. The molecule has 1 fully saturated rings. The number of rotatable bonds is 8. The van der Waals surface area contributed by atoms with Crippen LogP contribution in [0.1, 0.15) is 66.0 Å². The van der Waals surface area contributed by atoms with Gasteiger partial charge in [0.15, 0.2) is 0 Å². The Morgan fingerprint density at radius 2 is 1.86 bits per heavy atom. The standard InChI is InChI=1S/C28H33N3O3S/c1-3-4-9-25(32)28(34)31-16-14-21(15-17-31)27-30-24(18-35-27)26(33)29-23-8-6-5-7-22(23)20-12-10-19(2)11-13-20/h5-8,10-13,18,21,25,32H,3-4,9,14-17H2,1-2H3,(H,29,33). The molecule has 1 aliphatic rings. The summed E-state index contributed by atoms with van der Waals surface area (Å²) in [4.78, 5) is 31.9. The Balaban J connectivity index is 1.37. The van der Waals surface area contributed by atoms with Crippen LogP contribution in [0, 0.1) is 6.92 Å². The Bertz CT molecular complexity index is 1150. The third kappa shape index (κ3) is 6.16. The lowest BCUT2D eigenvalue weighted by Gasteiger charge is -2.32. The van der Waals surface area contributed by atoms with Crippen molar-refractivity contribution < 1.29 is 14.7 Å². The fourth-order valence-corrected chi connectivity index (χ4v) is 5.39. The highest BCUT2D eigenvalue weighted by atomic mass is 32.1. The number of nitrogens with one attached hydrogen (secondary N) is 1. The number of hydrogen-bond acceptors (Lipinski definition) is 5. The number of unbranched alkanes of at least 4 members (excludes halogenated alkanes) is 1. The largest absolute Gasteiger partial charge is 0.383 e. The number of aromatic nitrogens is 1. The minimum atomic E-state index is -0.899. The van der Waals surface area contributed by atoms with Crippen LogP contribution in [0.15, 0.2) is 53.9 Å². The molecule has 1 aromatic heterocycles. The number of thiazole rings is 1. The Morgan fingerprint density at radius 3 is 2.57 bits per heavy atom. The third-order valence-corrected chi connectivity index (χ3v) is 7.57. The number of carbonyl (C=O) groups excluding carboxylic acids is 2.